The van der Waals surface area contributed by atoms with Crippen LogP contribution in [0.15, 0.2) is 0 Å². The van der Waals surface area contributed by atoms with Crippen molar-refractivity contribution in [2.45, 2.75) is 38.5 Å². The highest BCUT2D eigenvalue weighted by molar-refractivity contribution is 5.87. The lowest BCUT2D eigenvalue weighted by Crippen LogP contribution is -2.51. The maximum atomic E-state index is 12.0. The van der Waals surface area contributed by atoms with Gasteiger partial charge < -0.3 is 31.1 Å². The number of esters is 1. The Kier molecular flexibility index (Phi) is 8.51. The van der Waals surface area contributed by atoms with Crippen LogP contribution in [-0.4, -0.2) is 64.6 Å². The molecule has 0 aliphatic carbocycles. The topological polar surface area (TPSA) is 159 Å². The Morgan fingerprint density at radius 3 is 2.29 bits per heavy atom. The van der Waals surface area contributed by atoms with E-state index in [0.29, 0.717) is 6.42 Å². The van der Waals surface area contributed by atoms with E-state index in [0.717, 1.165) is 0 Å². The fourth-order valence-electron chi connectivity index (χ4n) is 1.49. The van der Waals surface area contributed by atoms with Crippen molar-refractivity contribution in [1.29, 1.82) is 0 Å². The number of carbonyl (C=O) groups excluding carboxylic acids is 2. The first kappa shape index (κ1) is 19.3. The van der Waals surface area contributed by atoms with Gasteiger partial charge in [0.05, 0.1) is 13.2 Å². The molecule has 0 aromatic rings. The van der Waals surface area contributed by atoms with E-state index in [1.807, 2.05) is 0 Å². The van der Waals surface area contributed by atoms with Crippen molar-refractivity contribution in [3.05, 3.63) is 0 Å². The minimum Gasteiger partial charge on any atom is -0.478 e. The van der Waals surface area contributed by atoms with E-state index in [-0.39, 0.29) is 12.5 Å². The number of carbonyl (C=O) groups is 3. The van der Waals surface area contributed by atoms with Crippen LogP contribution < -0.4 is 11.1 Å². The van der Waals surface area contributed by atoms with E-state index in [9.17, 15) is 19.5 Å². The number of hydrogen-bond acceptors (Lipinski definition) is 7. The molecule has 122 valence electrons. The molecule has 0 aliphatic rings. The third-order valence-corrected chi connectivity index (χ3v) is 2.99. The first-order chi connectivity index (χ1) is 9.78. The summed E-state index contributed by atoms with van der Waals surface area (Å²) in [5, 5.41) is 29.3. The Bertz CT molecular complexity index is 375. The van der Waals surface area contributed by atoms with Crippen LogP contribution in [0, 0.1) is 5.92 Å². The zero-order chi connectivity index (χ0) is 16.6. The third kappa shape index (κ3) is 6.06. The Labute approximate surface area is 122 Å². The highest BCUT2D eigenvalue weighted by atomic mass is 16.6. The van der Waals surface area contributed by atoms with Crippen LogP contribution in [0.4, 0.5) is 0 Å². The van der Waals surface area contributed by atoms with Crippen molar-refractivity contribution >= 4 is 17.8 Å². The highest BCUT2D eigenvalue weighted by Crippen LogP contribution is 2.12. The van der Waals surface area contributed by atoms with Crippen molar-refractivity contribution in [2.75, 3.05) is 13.2 Å². The van der Waals surface area contributed by atoms with Crippen LogP contribution in [-0.2, 0) is 19.1 Å². The second-order valence-corrected chi connectivity index (χ2v) is 4.58. The van der Waals surface area contributed by atoms with Gasteiger partial charge in [-0.1, -0.05) is 20.3 Å². The minimum absolute atomic E-state index is 0.325. The number of carboxylic acids is 1. The van der Waals surface area contributed by atoms with E-state index in [2.05, 4.69) is 5.32 Å². The summed E-state index contributed by atoms with van der Waals surface area (Å²) in [5.74, 6) is -3.52. The van der Waals surface area contributed by atoms with Gasteiger partial charge in [-0.15, -0.1) is 0 Å². The van der Waals surface area contributed by atoms with Crippen molar-refractivity contribution in [2.24, 2.45) is 11.7 Å². The van der Waals surface area contributed by atoms with Crippen molar-refractivity contribution in [3.63, 3.8) is 0 Å². The molecule has 1 amide bonds. The van der Waals surface area contributed by atoms with E-state index in [1.165, 1.54) is 0 Å². The maximum absolute atomic E-state index is 12.0. The predicted octanol–water partition coefficient (Wildman–Crippen LogP) is -2.17. The predicted molar refractivity (Wildman–Crippen MR) is 71.0 cm³/mol. The number of carboxylic acid groups (broad SMARTS) is 1. The van der Waals surface area contributed by atoms with Crippen LogP contribution >= 0.6 is 0 Å². The van der Waals surface area contributed by atoms with Crippen LogP contribution in [0.3, 0.4) is 0 Å². The van der Waals surface area contributed by atoms with E-state index >= 15 is 0 Å². The quantitative estimate of drug-likeness (QED) is 0.301. The van der Waals surface area contributed by atoms with Crippen LogP contribution in [0.5, 0.6) is 0 Å². The number of ether oxygens (including phenoxy) is 1. The number of aliphatic hydroxyl groups is 2. The average molecular weight is 306 g/mol. The van der Waals surface area contributed by atoms with Gasteiger partial charge in [-0.25, -0.2) is 9.59 Å². The average Bonchev–Trinajstić information content (AvgIpc) is 2.47. The number of aliphatic hydroxyl groups excluding tert-OH is 2. The molecule has 9 heteroatoms. The van der Waals surface area contributed by atoms with Gasteiger partial charge in [-0.05, 0) is 5.92 Å². The van der Waals surface area contributed by atoms with Crippen LogP contribution in [0.25, 0.3) is 0 Å². The summed E-state index contributed by atoms with van der Waals surface area (Å²) in [6, 6.07) is -1.08. The summed E-state index contributed by atoms with van der Waals surface area (Å²) >= 11 is 0. The molecule has 0 saturated heterocycles. The Morgan fingerprint density at radius 1 is 1.33 bits per heavy atom. The molecule has 4 atom stereocenters. The molecule has 0 unspecified atom stereocenters. The SMILES string of the molecule is CC[C@H](C)[C@H](NC(=O)CN)C(=O)O[C@@H](C(=O)O)[C@H](O)CO. The molecule has 9 nitrogen and oxygen atoms in total. The summed E-state index contributed by atoms with van der Waals surface area (Å²) in [7, 11) is 0. The largest absolute Gasteiger partial charge is 0.478 e. The van der Waals surface area contributed by atoms with Gasteiger partial charge in [0.15, 0.2) is 0 Å². The van der Waals surface area contributed by atoms with Crippen LogP contribution in [0.2, 0.25) is 0 Å². The Hall–Kier alpha value is -1.71. The van der Waals surface area contributed by atoms with Crippen molar-refractivity contribution < 1.29 is 34.4 Å². The van der Waals surface area contributed by atoms with Crippen molar-refractivity contribution in [3.8, 4) is 0 Å². The lowest BCUT2D eigenvalue weighted by Gasteiger charge is -2.25. The van der Waals surface area contributed by atoms with Crippen molar-refractivity contribution in [1.82, 2.24) is 5.32 Å². The van der Waals surface area contributed by atoms with E-state index in [4.69, 9.17) is 20.7 Å². The molecule has 0 heterocycles. The summed E-state index contributed by atoms with van der Waals surface area (Å²) in [6.07, 6.45) is -3.15. The zero-order valence-corrected chi connectivity index (χ0v) is 12.0. The molecule has 6 N–H and O–H groups in total. The Balaban J connectivity index is 5.01. The molecule has 0 aromatic carbocycles. The number of nitrogens with one attached hydrogen (secondary N) is 1. The second kappa shape index (κ2) is 9.27. The molecule has 0 fully saturated rings. The molecule has 0 radical (unpaired) electrons. The summed E-state index contributed by atoms with van der Waals surface area (Å²) in [5.41, 5.74) is 5.15. The van der Waals surface area contributed by atoms with Gasteiger partial charge in [0.25, 0.3) is 0 Å². The molecular formula is C12H22N2O7. The van der Waals surface area contributed by atoms with Gasteiger partial charge in [0.2, 0.25) is 12.0 Å². The van der Waals surface area contributed by atoms with Gasteiger partial charge in [0.1, 0.15) is 12.1 Å². The number of amides is 1. The highest BCUT2D eigenvalue weighted by Gasteiger charge is 2.35. The minimum atomic E-state index is -1.91. The molecular weight excluding hydrogens is 284 g/mol. The molecule has 0 saturated carbocycles. The normalized spacial score (nSPS) is 16.4. The molecule has 0 aromatic heterocycles. The summed E-state index contributed by atoms with van der Waals surface area (Å²) in [6.45, 7) is 2.23. The number of hydrogen-bond donors (Lipinski definition) is 5. The molecule has 0 spiro atoms. The smallest absolute Gasteiger partial charge is 0.347 e. The molecule has 0 aliphatic heterocycles. The van der Waals surface area contributed by atoms with E-state index < -0.39 is 42.7 Å². The maximum Gasteiger partial charge on any atom is 0.347 e. The van der Waals surface area contributed by atoms with Crippen LogP contribution in [0.1, 0.15) is 20.3 Å². The lowest BCUT2D eigenvalue weighted by atomic mass is 9.99. The van der Waals surface area contributed by atoms with Gasteiger partial charge in [-0.2, -0.15) is 0 Å². The number of rotatable bonds is 9. The number of nitrogens with two attached hydrogens (primary N) is 1. The first-order valence-electron chi connectivity index (χ1n) is 6.50. The zero-order valence-electron chi connectivity index (χ0n) is 12.0. The first-order valence-corrected chi connectivity index (χ1v) is 6.50. The monoisotopic (exact) mass is 306 g/mol. The molecule has 0 rings (SSSR count). The molecule has 21 heavy (non-hydrogen) atoms. The second-order valence-electron chi connectivity index (χ2n) is 4.58. The summed E-state index contributed by atoms with van der Waals surface area (Å²) in [4.78, 5) is 34.2. The fraction of sp³-hybridized carbons (Fsp3) is 0.750. The lowest BCUT2D eigenvalue weighted by molar-refractivity contribution is -0.176. The van der Waals surface area contributed by atoms with Gasteiger partial charge >= 0.3 is 11.9 Å². The number of aliphatic carboxylic acids is 1. The van der Waals surface area contributed by atoms with E-state index in [1.54, 1.807) is 13.8 Å². The Morgan fingerprint density at radius 2 is 1.90 bits per heavy atom. The third-order valence-electron chi connectivity index (χ3n) is 2.99. The molecule has 0 bridgehead atoms. The van der Waals surface area contributed by atoms with Gasteiger partial charge in [0, 0.05) is 0 Å². The fourth-order valence-corrected chi connectivity index (χ4v) is 1.49. The van der Waals surface area contributed by atoms with Gasteiger partial charge in [-0.3, -0.25) is 4.79 Å². The standard InChI is InChI=1S/C12H22N2O7/c1-3-6(2)9(14-8(17)4-13)12(20)21-10(11(18)19)7(16)5-15/h6-7,9-10,15-16H,3-5,13H2,1-2H3,(H,14,17)(H,18,19)/t6-,7+,9-,10+/m0/s1. The summed E-state index contributed by atoms with van der Waals surface area (Å²) < 4.78 is 4.69.